The molecule has 5 nitrogen and oxygen atoms in total. The van der Waals surface area contributed by atoms with E-state index in [2.05, 4.69) is 15.3 Å². The molecule has 2 heterocycles. The minimum absolute atomic E-state index is 0.343. The molecule has 0 radical (unpaired) electrons. The Morgan fingerprint density at radius 2 is 2.08 bits per heavy atom. The molecule has 1 aliphatic carbocycles. The summed E-state index contributed by atoms with van der Waals surface area (Å²) < 4.78 is 32.2. The summed E-state index contributed by atoms with van der Waals surface area (Å²) in [6.45, 7) is 0.649. The first-order chi connectivity index (χ1) is 12.1. The fourth-order valence-electron chi connectivity index (χ4n) is 2.50. The number of anilines is 1. The van der Waals surface area contributed by atoms with E-state index in [1.807, 2.05) is 0 Å². The van der Waals surface area contributed by atoms with Gasteiger partial charge in [-0.15, -0.1) is 0 Å². The molecule has 1 saturated carbocycles. The molecular weight excluding hydrogens is 328 g/mol. The van der Waals surface area contributed by atoms with Crippen molar-refractivity contribution in [3.63, 3.8) is 0 Å². The van der Waals surface area contributed by atoms with Gasteiger partial charge in [0.25, 0.3) is 5.91 Å². The summed E-state index contributed by atoms with van der Waals surface area (Å²) in [5.74, 6) is -1.21. The molecule has 2 aromatic heterocycles. The largest absolute Gasteiger partial charge is 0.477 e. The average molecular weight is 343 g/mol. The van der Waals surface area contributed by atoms with Crippen LogP contribution < -0.4 is 10.1 Å². The van der Waals surface area contributed by atoms with Crippen molar-refractivity contribution in [1.82, 2.24) is 9.97 Å². The minimum atomic E-state index is -0.971. The van der Waals surface area contributed by atoms with Gasteiger partial charge >= 0.3 is 0 Å². The number of amides is 1. The first-order valence-electron chi connectivity index (χ1n) is 7.96. The van der Waals surface area contributed by atoms with Gasteiger partial charge in [-0.2, -0.15) is 0 Å². The molecule has 25 heavy (non-hydrogen) atoms. The van der Waals surface area contributed by atoms with Crippen LogP contribution in [0.15, 0.2) is 36.7 Å². The first-order valence-corrected chi connectivity index (χ1v) is 7.96. The lowest BCUT2D eigenvalue weighted by atomic mass is 10.2. The third-order valence-electron chi connectivity index (χ3n) is 4.13. The van der Waals surface area contributed by atoms with Crippen molar-refractivity contribution in [3.05, 3.63) is 53.9 Å². The number of nitrogens with one attached hydrogen (secondary N) is 2. The van der Waals surface area contributed by atoms with E-state index >= 15 is 0 Å². The number of ether oxygens (including phenoxy) is 1. The van der Waals surface area contributed by atoms with E-state index in [0.717, 1.165) is 12.1 Å². The zero-order valence-electron chi connectivity index (χ0n) is 13.2. The number of benzene rings is 1. The third-order valence-corrected chi connectivity index (χ3v) is 4.13. The van der Waals surface area contributed by atoms with Crippen LogP contribution in [0.25, 0.3) is 10.9 Å². The van der Waals surface area contributed by atoms with Crippen molar-refractivity contribution in [3.8, 4) is 5.88 Å². The van der Waals surface area contributed by atoms with Gasteiger partial charge in [0, 0.05) is 29.9 Å². The molecule has 1 aromatic carbocycles. The van der Waals surface area contributed by atoms with E-state index in [1.165, 1.54) is 25.2 Å². The number of halogens is 2. The molecule has 0 atom stereocenters. The second-order valence-corrected chi connectivity index (χ2v) is 6.11. The van der Waals surface area contributed by atoms with Gasteiger partial charge in [-0.1, -0.05) is 0 Å². The summed E-state index contributed by atoms with van der Waals surface area (Å²) >= 11 is 0. The lowest BCUT2D eigenvalue weighted by Gasteiger charge is -2.06. The van der Waals surface area contributed by atoms with Crippen LogP contribution in [0.3, 0.4) is 0 Å². The summed E-state index contributed by atoms with van der Waals surface area (Å²) in [7, 11) is 0. The maximum Gasteiger partial charge on any atom is 0.257 e. The molecule has 1 amide bonds. The molecule has 0 saturated heterocycles. The van der Waals surface area contributed by atoms with Gasteiger partial charge < -0.3 is 15.0 Å². The molecule has 2 N–H and O–H groups in total. The normalized spacial score (nSPS) is 13.8. The fourth-order valence-corrected chi connectivity index (χ4v) is 2.50. The Kier molecular flexibility index (Phi) is 3.83. The number of fused-ring (bicyclic) bond motifs is 1. The quantitative estimate of drug-likeness (QED) is 0.739. The van der Waals surface area contributed by atoms with E-state index in [4.69, 9.17) is 4.74 Å². The van der Waals surface area contributed by atoms with Crippen LogP contribution in [0.2, 0.25) is 0 Å². The molecular formula is C18H15F2N3O2. The SMILES string of the molecule is O=C(Nc1c[nH]c2cc(F)c(F)cc12)c1ccc(OCC2CC2)nc1. The Hall–Kier alpha value is -2.96. The number of aromatic nitrogens is 2. The van der Waals surface area contributed by atoms with Crippen LogP contribution in [-0.2, 0) is 0 Å². The summed E-state index contributed by atoms with van der Waals surface area (Å²) in [4.78, 5) is 19.2. The zero-order valence-corrected chi connectivity index (χ0v) is 13.2. The highest BCUT2D eigenvalue weighted by Gasteiger charge is 2.22. The second-order valence-electron chi connectivity index (χ2n) is 6.11. The molecule has 1 aliphatic rings. The van der Waals surface area contributed by atoms with E-state index in [-0.39, 0.29) is 0 Å². The number of carbonyl (C=O) groups excluding carboxylic acids is 1. The smallest absolute Gasteiger partial charge is 0.257 e. The van der Waals surface area contributed by atoms with Crippen LogP contribution in [0.5, 0.6) is 5.88 Å². The Morgan fingerprint density at radius 3 is 2.80 bits per heavy atom. The van der Waals surface area contributed by atoms with Crippen molar-refractivity contribution in [2.45, 2.75) is 12.8 Å². The highest BCUT2D eigenvalue weighted by Crippen LogP contribution is 2.29. The lowest BCUT2D eigenvalue weighted by molar-refractivity contribution is 0.102. The van der Waals surface area contributed by atoms with Gasteiger partial charge in [-0.05, 0) is 30.9 Å². The molecule has 1 fully saturated rings. The van der Waals surface area contributed by atoms with Crippen molar-refractivity contribution in [1.29, 1.82) is 0 Å². The second kappa shape index (κ2) is 6.16. The Labute approximate surface area is 142 Å². The van der Waals surface area contributed by atoms with Gasteiger partial charge in [-0.25, -0.2) is 13.8 Å². The Morgan fingerprint density at radius 1 is 1.28 bits per heavy atom. The third kappa shape index (κ3) is 3.31. The highest BCUT2D eigenvalue weighted by atomic mass is 19.2. The summed E-state index contributed by atoms with van der Waals surface area (Å²) in [5.41, 5.74) is 1.11. The fraction of sp³-hybridized carbons (Fsp3) is 0.222. The topological polar surface area (TPSA) is 67.0 Å². The summed E-state index contributed by atoms with van der Waals surface area (Å²) in [5, 5.41) is 3.06. The summed E-state index contributed by atoms with van der Waals surface area (Å²) in [6, 6.07) is 5.35. The first kappa shape index (κ1) is 15.6. The van der Waals surface area contributed by atoms with Crippen LogP contribution >= 0.6 is 0 Å². The van der Waals surface area contributed by atoms with E-state index in [1.54, 1.807) is 12.1 Å². The maximum absolute atomic E-state index is 13.4. The molecule has 7 heteroatoms. The van der Waals surface area contributed by atoms with Crippen molar-refractivity contribution in [2.24, 2.45) is 5.92 Å². The van der Waals surface area contributed by atoms with Crippen LogP contribution in [0.1, 0.15) is 23.2 Å². The molecule has 128 valence electrons. The van der Waals surface area contributed by atoms with E-state index in [0.29, 0.717) is 40.6 Å². The van der Waals surface area contributed by atoms with Crippen LogP contribution in [0, 0.1) is 17.6 Å². The lowest BCUT2D eigenvalue weighted by Crippen LogP contribution is -2.12. The Bertz CT molecular complexity index is 933. The Balaban J connectivity index is 1.48. The van der Waals surface area contributed by atoms with Gasteiger partial charge in [0.1, 0.15) is 0 Å². The van der Waals surface area contributed by atoms with Crippen molar-refractivity contribution >= 4 is 22.5 Å². The molecule has 0 spiro atoms. The number of nitrogens with zero attached hydrogens (tertiary/aromatic N) is 1. The van der Waals surface area contributed by atoms with Crippen molar-refractivity contribution in [2.75, 3.05) is 11.9 Å². The molecule has 0 bridgehead atoms. The monoisotopic (exact) mass is 343 g/mol. The molecule has 0 aliphatic heterocycles. The number of H-pyrrole nitrogens is 1. The summed E-state index contributed by atoms with van der Waals surface area (Å²) in [6.07, 6.45) is 5.29. The van der Waals surface area contributed by atoms with Crippen molar-refractivity contribution < 1.29 is 18.3 Å². The van der Waals surface area contributed by atoms with Gasteiger partial charge in [-0.3, -0.25) is 4.79 Å². The van der Waals surface area contributed by atoms with Crippen LogP contribution in [0.4, 0.5) is 14.5 Å². The van der Waals surface area contributed by atoms with Gasteiger partial charge in [0.15, 0.2) is 11.6 Å². The molecule has 3 aromatic rings. The van der Waals surface area contributed by atoms with Gasteiger partial charge in [0.05, 0.1) is 23.4 Å². The molecule has 4 rings (SSSR count). The predicted molar refractivity (Wildman–Crippen MR) is 88.6 cm³/mol. The van der Waals surface area contributed by atoms with Gasteiger partial charge in [0.2, 0.25) is 5.88 Å². The number of rotatable bonds is 5. The number of aromatic amines is 1. The number of hydrogen-bond donors (Lipinski definition) is 2. The standard InChI is InChI=1S/C18H15F2N3O2/c19-13-5-12-15(6-14(13)20)21-8-16(12)23-18(24)11-3-4-17(22-7-11)25-9-10-1-2-10/h3-8,10,21H,1-2,9H2,(H,23,24). The average Bonchev–Trinajstić information content (AvgIpc) is 3.37. The van der Waals surface area contributed by atoms with E-state index in [9.17, 15) is 13.6 Å². The van der Waals surface area contributed by atoms with Crippen LogP contribution in [-0.4, -0.2) is 22.5 Å². The predicted octanol–water partition coefficient (Wildman–Crippen LogP) is 3.88. The highest BCUT2D eigenvalue weighted by molar-refractivity contribution is 6.08. The number of pyridine rings is 1. The zero-order chi connectivity index (χ0) is 17.4. The number of carbonyl (C=O) groups is 1. The number of hydrogen-bond acceptors (Lipinski definition) is 3. The minimum Gasteiger partial charge on any atom is -0.477 e. The maximum atomic E-state index is 13.4. The van der Waals surface area contributed by atoms with E-state index < -0.39 is 17.5 Å². The molecule has 0 unspecified atom stereocenters.